The van der Waals surface area contributed by atoms with Crippen molar-refractivity contribution in [2.75, 3.05) is 0 Å². The number of halogens is 4. The van der Waals surface area contributed by atoms with Gasteiger partial charge < -0.3 is 4.74 Å². The predicted octanol–water partition coefficient (Wildman–Crippen LogP) is 2.12. The van der Waals surface area contributed by atoms with E-state index in [1.807, 2.05) is 0 Å². The van der Waals surface area contributed by atoms with Gasteiger partial charge in [-0.2, -0.15) is 0 Å². The smallest absolute Gasteiger partial charge is 0.404 e. The summed E-state index contributed by atoms with van der Waals surface area (Å²) in [5, 5.41) is 0. The Morgan fingerprint density at radius 2 is 1.92 bits per heavy atom. The lowest BCUT2D eigenvalue weighted by Gasteiger charge is -2.07. The van der Waals surface area contributed by atoms with Crippen LogP contribution in [0, 0.1) is 5.82 Å². The summed E-state index contributed by atoms with van der Waals surface area (Å²) in [6, 6.07) is 0.598. The Kier molecular flexibility index (Phi) is 2.16. The lowest BCUT2D eigenvalue weighted by atomic mass is 10.4. The molecule has 0 aliphatic carbocycles. The van der Waals surface area contributed by atoms with Crippen LogP contribution >= 0.6 is 0 Å². The molecule has 0 fully saturated rings. The van der Waals surface area contributed by atoms with Crippen LogP contribution in [0.2, 0.25) is 0 Å². The van der Waals surface area contributed by atoms with Crippen LogP contribution in [0.3, 0.4) is 0 Å². The summed E-state index contributed by atoms with van der Waals surface area (Å²) in [5.74, 6) is -1.54. The minimum Gasteiger partial charge on any atom is -0.404 e. The highest BCUT2D eigenvalue weighted by Crippen LogP contribution is 2.21. The molecule has 66 valence electrons. The Balaban J connectivity index is 2.77. The van der Waals surface area contributed by atoms with E-state index in [2.05, 4.69) is 9.72 Å². The Morgan fingerprint density at radius 3 is 2.42 bits per heavy atom. The molecule has 0 atom stereocenters. The third kappa shape index (κ3) is 2.73. The number of aromatic nitrogens is 1. The number of alkyl halides is 3. The van der Waals surface area contributed by atoms with Gasteiger partial charge in [0.15, 0.2) is 5.75 Å². The largest absolute Gasteiger partial charge is 0.573 e. The molecule has 1 aromatic heterocycles. The van der Waals surface area contributed by atoms with Crippen molar-refractivity contribution in [3.8, 4) is 5.75 Å². The van der Waals surface area contributed by atoms with Gasteiger partial charge in [0.05, 0.1) is 12.4 Å². The zero-order valence-electron chi connectivity index (χ0n) is 5.60. The third-order valence-corrected chi connectivity index (χ3v) is 0.913. The minimum absolute atomic E-state index is 0.598. The van der Waals surface area contributed by atoms with Gasteiger partial charge in [-0.3, -0.25) is 4.98 Å². The molecule has 0 aromatic carbocycles. The zero-order valence-corrected chi connectivity index (χ0v) is 5.60. The van der Waals surface area contributed by atoms with Gasteiger partial charge in [-0.15, -0.1) is 13.2 Å². The van der Waals surface area contributed by atoms with E-state index in [9.17, 15) is 17.6 Å². The average molecular weight is 181 g/mol. The molecule has 1 rings (SSSR count). The fourth-order valence-corrected chi connectivity index (χ4v) is 0.582. The zero-order chi connectivity index (χ0) is 9.19. The van der Waals surface area contributed by atoms with Gasteiger partial charge in [0.2, 0.25) is 0 Å². The van der Waals surface area contributed by atoms with Crippen molar-refractivity contribution >= 4 is 0 Å². The summed E-state index contributed by atoms with van der Waals surface area (Å²) < 4.78 is 50.1. The minimum atomic E-state index is -4.81. The van der Waals surface area contributed by atoms with E-state index < -0.39 is 17.9 Å². The number of ether oxygens (including phenoxy) is 1. The molecular formula is C6H3F4NO. The molecule has 0 bridgehead atoms. The molecule has 2 nitrogen and oxygen atoms in total. The first-order valence-electron chi connectivity index (χ1n) is 2.84. The molecule has 0 saturated heterocycles. The molecule has 12 heavy (non-hydrogen) atoms. The Bertz CT molecular complexity index is 272. The highest BCUT2D eigenvalue weighted by Gasteiger charge is 2.31. The standard InChI is InChI=1S/C6H3F4NO/c7-4-1-5(3-11-2-4)12-6(8,9)10/h1-3H. The van der Waals surface area contributed by atoms with E-state index in [1.54, 1.807) is 0 Å². The van der Waals surface area contributed by atoms with Gasteiger partial charge in [0.1, 0.15) is 5.82 Å². The molecule has 0 aliphatic rings. The maximum absolute atomic E-state index is 12.2. The van der Waals surface area contributed by atoms with Gasteiger partial charge in [0.25, 0.3) is 0 Å². The Hall–Kier alpha value is -1.33. The van der Waals surface area contributed by atoms with E-state index in [-0.39, 0.29) is 0 Å². The van der Waals surface area contributed by atoms with Crippen molar-refractivity contribution in [3.05, 3.63) is 24.3 Å². The molecule has 0 N–H and O–H groups in total. The van der Waals surface area contributed by atoms with Crippen LogP contribution in [0.5, 0.6) is 5.75 Å². The van der Waals surface area contributed by atoms with Gasteiger partial charge in [-0.05, 0) is 0 Å². The van der Waals surface area contributed by atoms with E-state index in [4.69, 9.17) is 0 Å². The Labute approximate surface area is 64.8 Å². The number of pyridine rings is 1. The van der Waals surface area contributed by atoms with Crippen molar-refractivity contribution < 1.29 is 22.3 Å². The highest BCUT2D eigenvalue weighted by atomic mass is 19.4. The summed E-state index contributed by atoms with van der Waals surface area (Å²) in [6.45, 7) is 0. The van der Waals surface area contributed by atoms with Gasteiger partial charge in [-0.1, -0.05) is 0 Å². The predicted molar refractivity (Wildman–Crippen MR) is 30.9 cm³/mol. The van der Waals surface area contributed by atoms with Crippen LogP contribution in [0.15, 0.2) is 18.5 Å². The quantitative estimate of drug-likeness (QED) is 0.619. The van der Waals surface area contributed by atoms with Gasteiger partial charge in [0, 0.05) is 6.07 Å². The summed E-state index contributed by atoms with van der Waals surface area (Å²) in [6.07, 6.45) is -3.25. The monoisotopic (exact) mass is 181 g/mol. The second-order valence-corrected chi connectivity index (χ2v) is 1.89. The molecule has 1 heterocycles. The SMILES string of the molecule is Fc1cncc(OC(F)(F)F)c1. The van der Waals surface area contributed by atoms with Gasteiger partial charge in [-0.25, -0.2) is 4.39 Å². The van der Waals surface area contributed by atoms with Crippen LogP contribution in [-0.2, 0) is 0 Å². The second kappa shape index (κ2) is 2.96. The Morgan fingerprint density at radius 1 is 1.25 bits per heavy atom. The number of hydrogen-bond donors (Lipinski definition) is 0. The van der Waals surface area contributed by atoms with Crippen LogP contribution < -0.4 is 4.74 Å². The highest BCUT2D eigenvalue weighted by molar-refractivity contribution is 5.16. The van der Waals surface area contributed by atoms with E-state index >= 15 is 0 Å². The second-order valence-electron chi connectivity index (χ2n) is 1.89. The van der Waals surface area contributed by atoms with Crippen LogP contribution in [-0.4, -0.2) is 11.3 Å². The van der Waals surface area contributed by atoms with Gasteiger partial charge >= 0.3 is 6.36 Å². The molecule has 0 aliphatic heterocycles. The normalized spacial score (nSPS) is 11.3. The molecule has 0 saturated carbocycles. The van der Waals surface area contributed by atoms with Crippen LogP contribution in [0.4, 0.5) is 17.6 Å². The molecule has 0 radical (unpaired) electrons. The summed E-state index contributed by atoms with van der Waals surface area (Å²) >= 11 is 0. The fourth-order valence-electron chi connectivity index (χ4n) is 0.582. The number of rotatable bonds is 1. The maximum Gasteiger partial charge on any atom is 0.573 e. The van der Waals surface area contributed by atoms with Crippen molar-refractivity contribution in [1.29, 1.82) is 0 Å². The average Bonchev–Trinajstić information content (AvgIpc) is 1.82. The van der Waals surface area contributed by atoms with E-state index in [0.717, 1.165) is 12.4 Å². The number of hydrogen-bond acceptors (Lipinski definition) is 2. The lowest BCUT2D eigenvalue weighted by molar-refractivity contribution is -0.274. The molecule has 1 aromatic rings. The molecule has 0 unspecified atom stereocenters. The summed E-state index contributed by atoms with van der Waals surface area (Å²) in [4.78, 5) is 3.17. The maximum atomic E-state index is 12.2. The fraction of sp³-hybridized carbons (Fsp3) is 0.167. The van der Waals surface area contributed by atoms with Crippen molar-refractivity contribution in [1.82, 2.24) is 4.98 Å². The first-order chi connectivity index (χ1) is 5.47. The van der Waals surface area contributed by atoms with Crippen LogP contribution in [0.1, 0.15) is 0 Å². The molecule has 6 heteroatoms. The third-order valence-electron chi connectivity index (χ3n) is 0.913. The summed E-state index contributed by atoms with van der Waals surface area (Å²) in [5.41, 5.74) is 0. The summed E-state index contributed by atoms with van der Waals surface area (Å²) in [7, 11) is 0. The molecule has 0 spiro atoms. The number of nitrogens with zero attached hydrogens (tertiary/aromatic N) is 1. The first-order valence-corrected chi connectivity index (χ1v) is 2.84. The van der Waals surface area contributed by atoms with Crippen molar-refractivity contribution in [3.63, 3.8) is 0 Å². The van der Waals surface area contributed by atoms with E-state index in [0.29, 0.717) is 6.07 Å². The van der Waals surface area contributed by atoms with Crippen molar-refractivity contribution in [2.24, 2.45) is 0 Å². The van der Waals surface area contributed by atoms with E-state index in [1.165, 1.54) is 0 Å². The lowest BCUT2D eigenvalue weighted by Crippen LogP contribution is -2.17. The van der Waals surface area contributed by atoms with Crippen LogP contribution in [0.25, 0.3) is 0 Å². The first kappa shape index (κ1) is 8.76. The molecule has 0 amide bonds. The van der Waals surface area contributed by atoms with Crippen molar-refractivity contribution in [2.45, 2.75) is 6.36 Å². The topological polar surface area (TPSA) is 22.1 Å². The molecular weight excluding hydrogens is 178 g/mol.